The summed E-state index contributed by atoms with van der Waals surface area (Å²) in [5.41, 5.74) is 0.257. The Labute approximate surface area is 163 Å². The predicted molar refractivity (Wildman–Crippen MR) is 99.6 cm³/mol. The van der Waals surface area contributed by atoms with Crippen molar-refractivity contribution in [2.24, 2.45) is 0 Å². The minimum Gasteiger partial charge on any atom is -0.508 e. The van der Waals surface area contributed by atoms with E-state index in [1.807, 2.05) is 0 Å². The summed E-state index contributed by atoms with van der Waals surface area (Å²) in [6.07, 6.45) is -3.95. The first kappa shape index (κ1) is 19.2. The number of ether oxygens (including phenoxy) is 2. The van der Waals surface area contributed by atoms with Crippen molar-refractivity contribution < 1.29 is 39.4 Å². The number of hydrogen-bond acceptors (Lipinski definition) is 9. The van der Waals surface area contributed by atoms with Crippen molar-refractivity contribution in [3.05, 3.63) is 52.9 Å². The molecule has 4 atom stereocenters. The van der Waals surface area contributed by atoms with Gasteiger partial charge in [-0.05, 0) is 29.8 Å². The second kappa shape index (κ2) is 7.37. The molecule has 5 N–H and O–H groups in total. The first-order chi connectivity index (χ1) is 13.9. The van der Waals surface area contributed by atoms with Gasteiger partial charge in [0.25, 0.3) is 0 Å². The first-order valence-corrected chi connectivity index (χ1v) is 8.76. The molecule has 0 aliphatic carbocycles. The topological polar surface area (TPSA) is 150 Å². The van der Waals surface area contributed by atoms with Gasteiger partial charge in [0, 0.05) is 0 Å². The molecule has 3 aromatic rings. The van der Waals surface area contributed by atoms with Gasteiger partial charge in [0.1, 0.15) is 30.3 Å². The van der Waals surface area contributed by atoms with Gasteiger partial charge in [0.15, 0.2) is 11.3 Å². The molecule has 1 aromatic heterocycles. The zero-order valence-electron chi connectivity index (χ0n) is 14.9. The van der Waals surface area contributed by atoms with Gasteiger partial charge >= 0.3 is 0 Å². The molecule has 2 aromatic carbocycles. The van der Waals surface area contributed by atoms with Crippen molar-refractivity contribution in [2.45, 2.75) is 24.6 Å². The lowest BCUT2D eigenvalue weighted by atomic mass is 10.1. The smallest absolute Gasteiger partial charge is 0.229 e. The highest BCUT2D eigenvalue weighted by Gasteiger charge is 2.44. The predicted octanol–water partition coefficient (Wildman–Crippen LogP) is 0.689. The summed E-state index contributed by atoms with van der Waals surface area (Å²) in [5, 5.41) is 48.8. The lowest BCUT2D eigenvalue weighted by Gasteiger charge is -2.18. The fraction of sp³-hybridized carbons (Fsp3) is 0.250. The summed E-state index contributed by atoms with van der Waals surface area (Å²) < 4.78 is 16.1. The van der Waals surface area contributed by atoms with E-state index in [9.17, 15) is 25.2 Å². The van der Waals surface area contributed by atoms with Crippen LogP contribution in [0.3, 0.4) is 0 Å². The van der Waals surface area contributed by atoms with Gasteiger partial charge in [0.2, 0.25) is 17.5 Å². The molecule has 1 saturated heterocycles. The van der Waals surface area contributed by atoms with Crippen LogP contribution in [0.4, 0.5) is 0 Å². The number of rotatable bonds is 4. The number of benzene rings is 2. The van der Waals surface area contributed by atoms with Gasteiger partial charge in [-0.25, -0.2) is 0 Å². The van der Waals surface area contributed by atoms with Gasteiger partial charge in [-0.15, -0.1) is 0 Å². The van der Waals surface area contributed by atoms with Crippen LogP contribution in [0.25, 0.3) is 22.1 Å². The standard InChI is InChI=1S/C20H18O9/c21-7-14-16(24)18(26)20(29-14)28-13-6-5-11-15(23)12(8-27-19(11)17(13)25)9-1-3-10(22)4-2-9/h1-6,8,14,16,18,20-22,24-26H,7H2/t14-,16+,18-,20-/m1/s1. The van der Waals surface area contributed by atoms with Gasteiger partial charge in [-0.1, -0.05) is 12.1 Å². The molecule has 9 heteroatoms. The van der Waals surface area contributed by atoms with Crippen LogP contribution >= 0.6 is 0 Å². The maximum Gasteiger partial charge on any atom is 0.229 e. The highest BCUT2D eigenvalue weighted by atomic mass is 16.7. The number of fused-ring (bicyclic) bond motifs is 1. The summed E-state index contributed by atoms with van der Waals surface area (Å²) in [7, 11) is 0. The van der Waals surface area contributed by atoms with E-state index in [2.05, 4.69) is 0 Å². The van der Waals surface area contributed by atoms with Crippen LogP contribution in [0.15, 0.2) is 51.9 Å². The fourth-order valence-electron chi connectivity index (χ4n) is 3.19. The summed E-state index contributed by atoms with van der Waals surface area (Å²) in [4.78, 5) is 12.8. The monoisotopic (exact) mass is 402 g/mol. The fourth-order valence-corrected chi connectivity index (χ4v) is 3.19. The zero-order chi connectivity index (χ0) is 20.7. The maximum atomic E-state index is 12.8. The third kappa shape index (κ3) is 3.30. The maximum absolute atomic E-state index is 12.8. The van der Waals surface area contributed by atoms with Crippen LogP contribution in [-0.2, 0) is 4.74 Å². The van der Waals surface area contributed by atoms with Crippen LogP contribution in [0, 0.1) is 0 Å². The quantitative estimate of drug-likeness (QED) is 0.425. The van der Waals surface area contributed by atoms with E-state index in [1.54, 1.807) is 12.1 Å². The highest BCUT2D eigenvalue weighted by molar-refractivity contribution is 5.87. The number of hydrogen-bond donors (Lipinski definition) is 5. The summed E-state index contributed by atoms with van der Waals surface area (Å²) in [5.74, 6) is -0.550. The number of aliphatic hydroxyl groups excluding tert-OH is 3. The molecular weight excluding hydrogens is 384 g/mol. The number of phenols is 2. The Bertz CT molecular complexity index is 1090. The third-order valence-electron chi connectivity index (χ3n) is 4.80. The van der Waals surface area contributed by atoms with E-state index >= 15 is 0 Å². The molecule has 0 bridgehead atoms. The van der Waals surface area contributed by atoms with Crippen molar-refractivity contribution in [1.29, 1.82) is 0 Å². The number of aliphatic hydroxyl groups is 3. The van der Waals surface area contributed by atoms with Crippen molar-refractivity contribution in [3.8, 4) is 28.4 Å². The van der Waals surface area contributed by atoms with Crippen LogP contribution in [0.2, 0.25) is 0 Å². The molecule has 29 heavy (non-hydrogen) atoms. The van der Waals surface area contributed by atoms with E-state index in [0.29, 0.717) is 5.56 Å². The zero-order valence-corrected chi connectivity index (χ0v) is 14.9. The minimum atomic E-state index is -1.44. The average molecular weight is 402 g/mol. The largest absolute Gasteiger partial charge is 0.508 e. The summed E-state index contributed by atoms with van der Waals surface area (Å²) in [6, 6.07) is 8.70. The second-order valence-electron chi connectivity index (χ2n) is 6.64. The third-order valence-corrected chi connectivity index (χ3v) is 4.80. The molecule has 0 amide bonds. The molecule has 0 spiro atoms. The van der Waals surface area contributed by atoms with Gasteiger partial charge in [0.05, 0.1) is 17.6 Å². The normalized spacial score (nSPS) is 24.1. The van der Waals surface area contributed by atoms with Gasteiger partial charge in [-0.2, -0.15) is 0 Å². The van der Waals surface area contributed by atoms with Crippen molar-refractivity contribution >= 4 is 11.0 Å². The summed E-state index contributed by atoms with van der Waals surface area (Å²) >= 11 is 0. The molecule has 4 rings (SSSR count). The molecule has 0 unspecified atom stereocenters. The summed E-state index contributed by atoms with van der Waals surface area (Å²) in [6.45, 7) is -0.517. The molecule has 152 valence electrons. The second-order valence-corrected chi connectivity index (χ2v) is 6.64. The lowest BCUT2D eigenvalue weighted by molar-refractivity contribution is -0.117. The highest BCUT2D eigenvalue weighted by Crippen LogP contribution is 2.36. The van der Waals surface area contributed by atoms with E-state index in [1.165, 1.54) is 30.5 Å². The van der Waals surface area contributed by atoms with Crippen LogP contribution in [0.1, 0.15) is 0 Å². The van der Waals surface area contributed by atoms with Crippen LogP contribution < -0.4 is 10.2 Å². The Kier molecular flexibility index (Phi) is 4.89. The van der Waals surface area contributed by atoms with Crippen molar-refractivity contribution in [3.63, 3.8) is 0 Å². The van der Waals surface area contributed by atoms with Crippen molar-refractivity contribution in [2.75, 3.05) is 6.61 Å². The van der Waals surface area contributed by atoms with E-state index in [0.717, 1.165) is 0 Å². The Morgan fingerprint density at radius 2 is 1.72 bits per heavy atom. The van der Waals surface area contributed by atoms with Gasteiger partial charge in [-0.3, -0.25) is 4.79 Å². The molecule has 1 aliphatic heterocycles. The molecule has 9 nitrogen and oxygen atoms in total. The number of aromatic hydroxyl groups is 2. The first-order valence-electron chi connectivity index (χ1n) is 8.76. The van der Waals surface area contributed by atoms with Crippen molar-refractivity contribution in [1.82, 2.24) is 0 Å². The Hall–Kier alpha value is -3.11. The van der Waals surface area contributed by atoms with Gasteiger partial charge < -0.3 is 39.4 Å². The minimum absolute atomic E-state index is 0.0586. The van der Waals surface area contributed by atoms with Crippen LogP contribution in [-0.4, -0.2) is 56.7 Å². The van der Waals surface area contributed by atoms with Crippen LogP contribution in [0.5, 0.6) is 17.2 Å². The average Bonchev–Trinajstić information content (AvgIpc) is 2.99. The SMILES string of the molecule is O=c1c(-c2ccc(O)cc2)coc2c(O)c(O[C@@H]3O[C@H](CO)[C@H](O)[C@H]3O)ccc12. The molecular formula is C20H18O9. The Balaban J connectivity index is 1.69. The van der Waals surface area contributed by atoms with E-state index < -0.39 is 42.4 Å². The lowest BCUT2D eigenvalue weighted by Crippen LogP contribution is -2.35. The molecule has 1 aliphatic rings. The Morgan fingerprint density at radius 3 is 2.38 bits per heavy atom. The molecule has 0 radical (unpaired) electrons. The van der Waals surface area contributed by atoms with E-state index in [4.69, 9.17) is 19.0 Å². The number of phenolic OH excluding ortho intramolecular Hbond substituents is 2. The molecule has 0 saturated carbocycles. The molecule has 1 fully saturated rings. The van der Waals surface area contributed by atoms with E-state index in [-0.39, 0.29) is 28.0 Å². The molecule has 2 heterocycles. The Morgan fingerprint density at radius 1 is 1.00 bits per heavy atom.